The van der Waals surface area contributed by atoms with E-state index >= 15 is 0 Å². The number of alkyl halides is 3. The molecule has 2 N–H and O–H groups in total. The van der Waals surface area contributed by atoms with E-state index in [1.165, 1.54) is 6.92 Å². The Morgan fingerprint density at radius 1 is 1.19 bits per heavy atom. The van der Waals surface area contributed by atoms with Crippen molar-refractivity contribution in [1.29, 1.82) is 0 Å². The molecule has 3 aromatic rings. The van der Waals surface area contributed by atoms with Gasteiger partial charge in [-0.1, -0.05) is 11.6 Å². The number of hydrogen-bond acceptors (Lipinski definition) is 4. The van der Waals surface area contributed by atoms with E-state index in [2.05, 4.69) is 10.1 Å². The van der Waals surface area contributed by atoms with Gasteiger partial charge < -0.3 is 10.5 Å². The van der Waals surface area contributed by atoms with E-state index < -0.39 is 23.5 Å². The van der Waals surface area contributed by atoms with Gasteiger partial charge in [0.15, 0.2) is 0 Å². The van der Waals surface area contributed by atoms with Crippen LogP contribution >= 0.6 is 11.6 Å². The zero-order chi connectivity index (χ0) is 23.2. The first-order valence-corrected chi connectivity index (χ1v) is 10.5. The number of primary amides is 1. The van der Waals surface area contributed by atoms with Crippen LogP contribution in [0.3, 0.4) is 0 Å². The maximum atomic E-state index is 13.4. The molecule has 0 atom stereocenters. The molecule has 1 aliphatic carbocycles. The van der Waals surface area contributed by atoms with Gasteiger partial charge in [0, 0.05) is 23.1 Å². The molecule has 1 fully saturated rings. The number of nitrogens with zero attached hydrogens (tertiary/aromatic N) is 3. The average molecular weight is 465 g/mol. The van der Waals surface area contributed by atoms with Crippen molar-refractivity contribution in [3.63, 3.8) is 0 Å². The van der Waals surface area contributed by atoms with Gasteiger partial charge in [0.2, 0.25) is 0 Å². The first kappa shape index (κ1) is 22.3. The largest absolute Gasteiger partial charge is 0.433 e. The molecule has 0 aliphatic heterocycles. The third-order valence-electron chi connectivity index (χ3n) is 6.01. The lowest BCUT2D eigenvalue weighted by Crippen LogP contribution is -2.19. The van der Waals surface area contributed by atoms with Gasteiger partial charge >= 0.3 is 6.18 Å². The van der Waals surface area contributed by atoms with Gasteiger partial charge in [-0.05, 0) is 61.9 Å². The van der Waals surface area contributed by atoms with Crippen LogP contribution in [0.15, 0.2) is 24.4 Å². The summed E-state index contributed by atoms with van der Waals surface area (Å²) in [5.74, 6) is -0.972. The Kier molecular flexibility index (Phi) is 5.70. The molecule has 0 unspecified atom stereocenters. The molecule has 2 heterocycles. The topological polar surface area (TPSA) is 90.9 Å². The number of pyridine rings is 1. The van der Waals surface area contributed by atoms with Crippen molar-refractivity contribution < 1.29 is 22.8 Å². The standard InChI is InChI=1S/C22H20ClF3N4O2/c1-11-15(7-19(22(24,25)26)28-20(11)21(27)32)16-6-13-9-30(29-18(13)8-17(16)23)14-4-2-12(10-31)3-5-14/h6-10,12,14H,2-5H2,1H3,(H2,27,32). The Morgan fingerprint density at radius 2 is 1.88 bits per heavy atom. The Labute approximate surface area is 186 Å². The smallest absolute Gasteiger partial charge is 0.364 e. The molecule has 1 saturated carbocycles. The highest BCUT2D eigenvalue weighted by atomic mass is 35.5. The third-order valence-corrected chi connectivity index (χ3v) is 6.32. The highest BCUT2D eigenvalue weighted by molar-refractivity contribution is 6.34. The lowest BCUT2D eigenvalue weighted by Gasteiger charge is -2.25. The van der Waals surface area contributed by atoms with Gasteiger partial charge in [0.05, 0.1) is 16.6 Å². The molecule has 1 aliphatic rings. The summed E-state index contributed by atoms with van der Waals surface area (Å²) in [7, 11) is 0. The van der Waals surface area contributed by atoms with Crippen molar-refractivity contribution in [1.82, 2.24) is 14.8 Å². The summed E-state index contributed by atoms with van der Waals surface area (Å²) in [6.45, 7) is 1.48. The zero-order valence-electron chi connectivity index (χ0n) is 17.1. The Hall–Kier alpha value is -2.94. The van der Waals surface area contributed by atoms with E-state index in [4.69, 9.17) is 17.3 Å². The molecule has 6 nitrogen and oxygen atoms in total. The van der Waals surface area contributed by atoms with Crippen molar-refractivity contribution in [3.05, 3.63) is 46.4 Å². The maximum Gasteiger partial charge on any atom is 0.433 e. The van der Waals surface area contributed by atoms with Gasteiger partial charge in [-0.3, -0.25) is 9.48 Å². The summed E-state index contributed by atoms with van der Waals surface area (Å²) < 4.78 is 42.0. The van der Waals surface area contributed by atoms with Gasteiger partial charge in [-0.2, -0.15) is 18.3 Å². The number of benzene rings is 1. The van der Waals surface area contributed by atoms with Crippen LogP contribution in [0.2, 0.25) is 5.02 Å². The van der Waals surface area contributed by atoms with E-state index in [1.807, 2.05) is 10.9 Å². The second-order valence-corrected chi connectivity index (χ2v) is 8.50. The second kappa shape index (κ2) is 8.20. The Balaban J connectivity index is 1.80. The summed E-state index contributed by atoms with van der Waals surface area (Å²) in [4.78, 5) is 26.1. The fraction of sp³-hybridized carbons (Fsp3) is 0.364. The van der Waals surface area contributed by atoms with Gasteiger partial charge in [0.1, 0.15) is 17.7 Å². The quantitative estimate of drug-likeness (QED) is 0.543. The minimum Gasteiger partial charge on any atom is -0.364 e. The molecule has 0 bridgehead atoms. The molecule has 168 valence electrons. The number of hydrogen-bond donors (Lipinski definition) is 1. The molecular weight excluding hydrogens is 445 g/mol. The van der Waals surface area contributed by atoms with E-state index in [1.54, 1.807) is 12.1 Å². The fourth-order valence-corrected chi connectivity index (χ4v) is 4.49. The molecule has 0 saturated heterocycles. The van der Waals surface area contributed by atoms with Crippen LogP contribution in [0, 0.1) is 12.8 Å². The van der Waals surface area contributed by atoms with Crippen LogP contribution < -0.4 is 5.73 Å². The summed E-state index contributed by atoms with van der Waals surface area (Å²) >= 11 is 6.44. The lowest BCUT2D eigenvalue weighted by atomic mass is 9.87. The first-order chi connectivity index (χ1) is 15.1. The van der Waals surface area contributed by atoms with Crippen LogP contribution in [0.25, 0.3) is 22.0 Å². The number of carbonyl (C=O) groups is 2. The molecule has 0 radical (unpaired) electrons. The molecule has 1 aromatic carbocycles. The van der Waals surface area contributed by atoms with Crippen LogP contribution in [-0.4, -0.2) is 27.0 Å². The zero-order valence-corrected chi connectivity index (χ0v) is 17.9. The predicted molar refractivity (Wildman–Crippen MR) is 113 cm³/mol. The number of nitrogens with two attached hydrogens (primary N) is 1. The molecule has 4 rings (SSSR count). The van der Waals surface area contributed by atoms with Crippen molar-refractivity contribution in [2.24, 2.45) is 11.7 Å². The number of aldehydes is 1. The average Bonchev–Trinajstić information content (AvgIpc) is 3.15. The SMILES string of the molecule is Cc1c(-c2cc3cn(C4CCC(C=O)CC4)nc3cc2Cl)cc(C(F)(F)F)nc1C(N)=O. The Bertz CT molecular complexity index is 1210. The highest BCUT2D eigenvalue weighted by Gasteiger charge is 2.35. The van der Waals surface area contributed by atoms with Gasteiger partial charge in [-0.15, -0.1) is 0 Å². The lowest BCUT2D eigenvalue weighted by molar-refractivity contribution is -0.141. The van der Waals surface area contributed by atoms with Crippen molar-refractivity contribution >= 4 is 34.7 Å². The summed E-state index contributed by atoms with van der Waals surface area (Å²) in [5.41, 5.74) is 4.89. The molecule has 1 amide bonds. The maximum absolute atomic E-state index is 13.4. The van der Waals surface area contributed by atoms with Crippen molar-refractivity contribution in [3.8, 4) is 11.1 Å². The molecule has 2 aromatic heterocycles. The number of fused-ring (bicyclic) bond motifs is 1. The van der Waals surface area contributed by atoms with Crippen LogP contribution in [0.4, 0.5) is 13.2 Å². The van der Waals surface area contributed by atoms with E-state index in [9.17, 15) is 22.8 Å². The van der Waals surface area contributed by atoms with Crippen LogP contribution in [0.5, 0.6) is 0 Å². The minimum atomic E-state index is -4.76. The first-order valence-electron chi connectivity index (χ1n) is 10.1. The number of aromatic nitrogens is 3. The monoisotopic (exact) mass is 464 g/mol. The Morgan fingerprint density at radius 3 is 2.47 bits per heavy atom. The van der Waals surface area contributed by atoms with E-state index in [0.717, 1.165) is 38.0 Å². The van der Waals surface area contributed by atoms with Crippen LogP contribution in [0.1, 0.15) is 53.5 Å². The highest BCUT2D eigenvalue weighted by Crippen LogP contribution is 2.39. The summed E-state index contributed by atoms with van der Waals surface area (Å²) in [6, 6.07) is 4.27. The van der Waals surface area contributed by atoms with E-state index in [-0.39, 0.29) is 28.1 Å². The van der Waals surface area contributed by atoms with E-state index in [0.29, 0.717) is 16.5 Å². The minimum absolute atomic E-state index is 0.0780. The normalized spacial score (nSPS) is 19.3. The number of carbonyl (C=O) groups excluding carboxylic acids is 2. The molecule has 10 heteroatoms. The van der Waals surface area contributed by atoms with Crippen molar-refractivity contribution in [2.45, 2.75) is 44.8 Å². The second-order valence-electron chi connectivity index (χ2n) is 8.10. The fourth-order valence-electron chi connectivity index (χ4n) is 4.23. The van der Waals surface area contributed by atoms with Gasteiger partial charge in [0.25, 0.3) is 5.91 Å². The molecule has 32 heavy (non-hydrogen) atoms. The van der Waals surface area contributed by atoms with Crippen LogP contribution in [-0.2, 0) is 11.0 Å². The number of halogens is 4. The third kappa shape index (κ3) is 4.09. The summed E-state index contributed by atoms with van der Waals surface area (Å²) in [6.07, 6.45) is 1.29. The molecule has 0 spiro atoms. The number of rotatable bonds is 4. The number of amides is 1. The molecular formula is C22H20ClF3N4O2. The predicted octanol–water partition coefficient (Wildman–Crippen LogP) is 5.11. The van der Waals surface area contributed by atoms with Gasteiger partial charge in [-0.25, -0.2) is 4.98 Å². The summed E-state index contributed by atoms with van der Waals surface area (Å²) in [5, 5.41) is 5.49. The van der Waals surface area contributed by atoms with Crippen molar-refractivity contribution in [2.75, 3.05) is 0 Å².